The van der Waals surface area contributed by atoms with Crippen molar-refractivity contribution in [2.24, 2.45) is 23.7 Å². The van der Waals surface area contributed by atoms with Crippen LogP contribution in [0.3, 0.4) is 0 Å². The van der Waals surface area contributed by atoms with Gasteiger partial charge in [0.2, 0.25) is 0 Å². The van der Waals surface area contributed by atoms with Crippen molar-refractivity contribution in [2.75, 3.05) is 14.2 Å². The number of hydrogen-bond acceptors (Lipinski definition) is 4. The molecule has 0 heterocycles. The number of halogens is 6. The number of hydrogen-bond donors (Lipinski definition) is 1. The van der Waals surface area contributed by atoms with Crippen molar-refractivity contribution in [2.45, 2.75) is 100 Å². The van der Waals surface area contributed by atoms with E-state index in [-0.39, 0.29) is 6.92 Å². The summed E-state index contributed by atoms with van der Waals surface area (Å²) < 4.78 is 87.6. The second kappa shape index (κ2) is 9.62. The van der Waals surface area contributed by atoms with Crippen LogP contribution in [0.15, 0.2) is 0 Å². The number of aliphatic hydroxyl groups is 1. The van der Waals surface area contributed by atoms with E-state index in [9.17, 15) is 26.3 Å². The highest BCUT2D eigenvalue weighted by Gasteiger charge is 2.67. The first-order valence-electron chi connectivity index (χ1n) is 12.1. The van der Waals surface area contributed by atoms with E-state index in [2.05, 4.69) is 13.1 Å². The van der Waals surface area contributed by atoms with Gasteiger partial charge in [-0.15, -0.1) is 0 Å². The van der Waals surface area contributed by atoms with Crippen molar-refractivity contribution in [3.05, 3.63) is 0 Å². The third kappa shape index (κ3) is 5.27. The Morgan fingerprint density at radius 1 is 0.676 bits per heavy atom. The van der Waals surface area contributed by atoms with E-state index in [0.717, 1.165) is 23.7 Å². The molecule has 8 unspecified atom stereocenters. The standard InChI is InChI=1S/C18H34O3Si2.C4H4F6O/c1-19-22(3,17-11-13-5-7-15(17)9-13)21-23(4,20-2)18-12-14-6-8-16(18)10-14;1-2(11,3(5,6)7)4(8,9)10/h13-18H,5-12H2,1-4H3;11H,1H3. The fourth-order valence-corrected chi connectivity index (χ4v) is 16.4. The van der Waals surface area contributed by atoms with E-state index in [4.69, 9.17) is 18.1 Å². The second-order valence-corrected chi connectivity index (χ2v) is 18.4. The second-order valence-electron chi connectivity index (χ2n) is 11.2. The fraction of sp³-hybridized carbons (Fsp3) is 1.00. The zero-order valence-electron chi connectivity index (χ0n) is 20.6. The Hall–Kier alpha value is -0.146. The van der Waals surface area contributed by atoms with Crippen LogP contribution in [0, 0.1) is 23.7 Å². The van der Waals surface area contributed by atoms with E-state index < -0.39 is 35.1 Å². The summed E-state index contributed by atoms with van der Waals surface area (Å²) in [4.78, 5) is 0. The van der Waals surface area contributed by atoms with Gasteiger partial charge in [-0.05, 0) is 69.4 Å². The monoisotopic (exact) mass is 536 g/mol. The van der Waals surface area contributed by atoms with Gasteiger partial charge in [-0.3, -0.25) is 0 Å². The van der Waals surface area contributed by atoms with Crippen molar-refractivity contribution in [1.29, 1.82) is 0 Å². The highest BCUT2D eigenvalue weighted by Crippen LogP contribution is 2.59. The zero-order chi connectivity index (χ0) is 25.7. The third-order valence-corrected chi connectivity index (χ3v) is 18.1. The van der Waals surface area contributed by atoms with Gasteiger partial charge in [0.05, 0.1) is 0 Å². The molecule has 4 aliphatic carbocycles. The minimum absolute atomic E-state index is 0.340. The minimum Gasteiger partial charge on any atom is -0.414 e. The molecule has 4 bridgehead atoms. The maximum atomic E-state index is 11.4. The molecular formula is C22H38F6O4Si2. The molecule has 4 fully saturated rings. The Morgan fingerprint density at radius 2 is 1.03 bits per heavy atom. The topological polar surface area (TPSA) is 47.9 Å². The summed E-state index contributed by atoms with van der Waals surface area (Å²) in [5.41, 5.74) is -3.22. The van der Waals surface area contributed by atoms with Gasteiger partial charge in [-0.25, -0.2) is 0 Å². The third-order valence-electron chi connectivity index (χ3n) is 9.14. The lowest BCUT2D eigenvalue weighted by molar-refractivity contribution is -0.360. The molecule has 34 heavy (non-hydrogen) atoms. The van der Waals surface area contributed by atoms with Gasteiger partial charge < -0.3 is 18.1 Å². The number of fused-ring (bicyclic) bond motifs is 4. The maximum absolute atomic E-state index is 11.4. The molecule has 0 spiro atoms. The summed E-state index contributed by atoms with van der Waals surface area (Å²) in [6.07, 6.45) is -0.108. The van der Waals surface area contributed by atoms with Gasteiger partial charge in [-0.1, -0.05) is 25.7 Å². The minimum atomic E-state index is -5.69. The molecule has 0 saturated heterocycles. The van der Waals surface area contributed by atoms with Crippen LogP contribution in [0.25, 0.3) is 0 Å². The molecule has 4 nitrogen and oxygen atoms in total. The first-order valence-corrected chi connectivity index (χ1v) is 16.9. The lowest BCUT2D eigenvalue weighted by atomic mass is 10.0. The quantitative estimate of drug-likeness (QED) is 0.304. The van der Waals surface area contributed by atoms with E-state index in [1.54, 1.807) is 0 Å². The molecule has 0 amide bonds. The van der Waals surface area contributed by atoms with Crippen molar-refractivity contribution in [3.63, 3.8) is 0 Å². The molecule has 4 rings (SSSR count). The normalized spacial score (nSPS) is 36.7. The lowest BCUT2D eigenvalue weighted by Gasteiger charge is -2.45. The summed E-state index contributed by atoms with van der Waals surface area (Å²) >= 11 is 0. The van der Waals surface area contributed by atoms with Crippen molar-refractivity contribution >= 4 is 17.1 Å². The highest BCUT2D eigenvalue weighted by atomic mass is 28.5. The van der Waals surface area contributed by atoms with Crippen LogP contribution in [-0.2, 0) is 13.0 Å². The van der Waals surface area contributed by atoms with Gasteiger partial charge in [0.1, 0.15) is 0 Å². The predicted octanol–water partition coefficient (Wildman–Crippen LogP) is 6.68. The summed E-state index contributed by atoms with van der Waals surface area (Å²) in [5, 5.41) is 7.94. The molecule has 8 atom stereocenters. The maximum Gasteiger partial charge on any atom is 0.425 e. The Balaban J connectivity index is 0.000000252. The highest BCUT2D eigenvalue weighted by molar-refractivity contribution is 6.81. The number of rotatable bonds is 6. The Morgan fingerprint density at radius 3 is 1.21 bits per heavy atom. The Labute approximate surface area is 200 Å². The molecule has 4 aliphatic rings. The molecule has 12 heteroatoms. The van der Waals surface area contributed by atoms with Gasteiger partial charge in [-0.2, -0.15) is 26.3 Å². The van der Waals surface area contributed by atoms with E-state index in [1.165, 1.54) is 51.4 Å². The molecule has 0 radical (unpaired) electrons. The smallest absolute Gasteiger partial charge is 0.414 e. The summed E-state index contributed by atoms with van der Waals surface area (Å²) in [7, 11) is -0.505. The van der Waals surface area contributed by atoms with Crippen LogP contribution in [-0.4, -0.2) is 54.4 Å². The van der Waals surface area contributed by atoms with Crippen LogP contribution in [0.1, 0.15) is 58.3 Å². The van der Waals surface area contributed by atoms with Crippen LogP contribution in [0.4, 0.5) is 26.3 Å². The molecule has 0 aromatic rings. The number of alkyl halides is 6. The molecule has 0 aromatic heterocycles. The first kappa shape index (κ1) is 28.4. The SMILES string of the molecule is CC(O)(C(F)(F)F)C(F)(F)F.CO[Si](C)(O[Si](C)(OC)C1CC2CCC1C2)C1CC2CCC1C2. The van der Waals surface area contributed by atoms with E-state index in [1.807, 2.05) is 14.2 Å². The Kier molecular flexibility index (Phi) is 8.05. The largest absolute Gasteiger partial charge is 0.425 e. The van der Waals surface area contributed by atoms with Crippen molar-refractivity contribution in [1.82, 2.24) is 0 Å². The Bertz CT molecular complexity index is 664. The average Bonchev–Trinajstić information content (AvgIpc) is 3.54. The fourth-order valence-electron chi connectivity index (χ4n) is 6.87. The summed E-state index contributed by atoms with van der Waals surface area (Å²) in [6.45, 7) is 4.35. The van der Waals surface area contributed by atoms with Crippen LogP contribution < -0.4 is 0 Å². The van der Waals surface area contributed by atoms with Gasteiger partial charge >= 0.3 is 29.5 Å². The molecule has 200 valence electrons. The van der Waals surface area contributed by atoms with Crippen LogP contribution >= 0.6 is 0 Å². The predicted molar refractivity (Wildman–Crippen MR) is 119 cm³/mol. The summed E-state index contributed by atoms with van der Waals surface area (Å²) in [6, 6.07) is 0. The van der Waals surface area contributed by atoms with Gasteiger partial charge in [0, 0.05) is 25.3 Å². The average molecular weight is 537 g/mol. The van der Waals surface area contributed by atoms with E-state index >= 15 is 0 Å². The van der Waals surface area contributed by atoms with Gasteiger partial charge in [0.15, 0.2) is 0 Å². The molecule has 0 aromatic carbocycles. The van der Waals surface area contributed by atoms with Crippen molar-refractivity contribution in [3.8, 4) is 0 Å². The van der Waals surface area contributed by atoms with Gasteiger partial charge in [0.25, 0.3) is 5.60 Å². The summed E-state index contributed by atoms with van der Waals surface area (Å²) in [5.74, 6) is 3.64. The van der Waals surface area contributed by atoms with Crippen molar-refractivity contribution < 1.29 is 44.4 Å². The van der Waals surface area contributed by atoms with Crippen LogP contribution in [0.5, 0.6) is 0 Å². The van der Waals surface area contributed by atoms with E-state index in [0.29, 0.717) is 11.1 Å². The molecule has 1 N–H and O–H groups in total. The molecular weight excluding hydrogens is 498 g/mol. The molecule has 4 saturated carbocycles. The van der Waals surface area contributed by atoms with Crippen LogP contribution in [0.2, 0.25) is 24.2 Å². The zero-order valence-corrected chi connectivity index (χ0v) is 22.6. The lowest BCUT2D eigenvalue weighted by Crippen LogP contribution is -2.57. The first-order chi connectivity index (χ1) is 15.5. The molecule has 0 aliphatic heterocycles.